The van der Waals surface area contributed by atoms with Crippen molar-refractivity contribution in [2.45, 2.75) is 19.3 Å². The van der Waals surface area contributed by atoms with Crippen LogP contribution in [0.15, 0.2) is 48.5 Å². The van der Waals surface area contributed by atoms with E-state index in [1.807, 2.05) is 36.4 Å². The quantitative estimate of drug-likeness (QED) is 0.851. The summed E-state index contributed by atoms with van der Waals surface area (Å²) in [5.74, 6) is 1.76. The minimum atomic E-state index is 0.0585. The van der Waals surface area contributed by atoms with Gasteiger partial charge in [-0.3, -0.25) is 4.79 Å². The molecule has 2 aromatic rings. The van der Waals surface area contributed by atoms with Crippen LogP contribution in [0.3, 0.4) is 0 Å². The van der Waals surface area contributed by atoms with E-state index in [4.69, 9.17) is 9.47 Å². The Morgan fingerprint density at radius 2 is 1.80 bits per heavy atom. The number of ketones is 1. The fourth-order valence-corrected chi connectivity index (χ4v) is 2.53. The Kier molecular flexibility index (Phi) is 3.42. The van der Waals surface area contributed by atoms with Gasteiger partial charge in [-0.05, 0) is 30.2 Å². The topological polar surface area (TPSA) is 35.5 Å². The lowest BCUT2D eigenvalue weighted by Gasteiger charge is -2.17. The molecule has 1 atom stereocenters. The predicted octanol–water partition coefficient (Wildman–Crippen LogP) is 3.53. The van der Waals surface area contributed by atoms with E-state index < -0.39 is 0 Å². The molecule has 0 N–H and O–H groups in total. The minimum Gasteiger partial charge on any atom is -0.454 e. The SMILES string of the molecule is CC(=O)CC(c1ccccc1)c1ccc2c(c1)OCO2. The molecule has 1 aliphatic heterocycles. The number of hydrogen-bond donors (Lipinski definition) is 0. The Hall–Kier alpha value is -2.29. The number of benzene rings is 2. The molecule has 0 aromatic heterocycles. The molecule has 3 rings (SSSR count). The Bertz CT molecular complexity index is 619. The van der Waals surface area contributed by atoms with Gasteiger partial charge in [-0.25, -0.2) is 0 Å². The summed E-state index contributed by atoms with van der Waals surface area (Å²) in [6.45, 7) is 1.89. The molecule has 1 aliphatic rings. The van der Waals surface area contributed by atoms with Crippen LogP contribution in [0.4, 0.5) is 0 Å². The van der Waals surface area contributed by atoms with Crippen LogP contribution in [-0.4, -0.2) is 12.6 Å². The van der Waals surface area contributed by atoms with Crippen LogP contribution in [0, 0.1) is 0 Å². The van der Waals surface area contributed by atoms with E-state index in [1.54, 1.807) is 6.92 Å². The summed E-state index contributed by atoms with van der Waals surface area (Å²) in [6.07, 6.45) is 0.490. The van der Waals surface area contributed by atoms with Gasteiger partial charge in [-0.1, -0.05) is 36.4 Å². The fourth-order valence-electron chi connectivity index (χ4n) is 2.53. The van der Waals surface area contributed by atoms with Crippen molar-refractivity contribution in [3.63, 3.8) is 0 Å². The average Bonchev–Trinajstić information content (AvgIpc) is 2.93. The lowest BCUT2D eigenvalue weighted by atomic mass is 9.87. The second-order valence-electron chi connectivity index (χ2n) is 4.98. The van der Waals surface area contributed by atoms with E-state index in [2.05, 4.69) is 12.1 Å². The Labute approximate surface area is 118 Å². The second-order valence-corrected chi connectivity index (χ2v) is 4.98. The molecule has 0 bridgehead atoms. The molecule has 0 spiro atoms. The summed E-state index contributed by atoms with van der Waals surface area (Å²) in [4.78, 5) is 11.6. The number of fused-ring (bicyclic) bond motifs is 1. The monoisotopic (exact) mass is 268 g/mol. The molecular weight excluding hydrogens is 252 g/mol. The molecule has 3 nitrogen and oxygen atoms in total. The smallest absolute Gasteiger partial charge is 0.231 e. The van der Waals surface area contributed by atoms with Crippen molar-refractivity contribution in [2.75, 3.05) is 6.79 Å². The first-order valence-electron chi connectivity index (χ1n) is 6.68. The van der Waals surface area contributed by atoms with Gasteiger partial charge in [0.2, 0.25) is 6.79 Å². The van der Waals surface area contributed by atoms with Crippen LogP contribution in [-0.2, 0) is 4.79 Å². The first-order valence-corrected chi connectivity index (χ1v) is 6.68. The largest absolute Gasteiger partial charge is 0.454 e. The molecule has 0 amide bonds. The van der Waals surface area contributed by atoms with Crippen molar-refractivity contribution >= 4 is 5.78 Å². The second kappa shape index (κ2) is 5.37. The number of ether oxygens (including phenoxy) is 2. The van der Waals surface area contributed by atoms with Crippen molar-refractivity contribution < 1.29 is 14.3 Å². The van der Waals surface area contributed by atoms with Gasteiger partial charge in [0.1, 0.15) is 5.78 Å². The summed E-state index contributed by atoms with van der Waals surface area (Å²) >= 11 is 0. The molecule has 0 radical (unpaired) electrons. The van der Waals surface area contributed by atoms with E-state index in [1.165, 1.54) is 0 Å². The van der Waals surface area contributed by atoms with Gasteiger partial charge < -0.3 is 9.47 Å². The molecule has 0 fully saturated rings. The molecular formula is C17H16O3. The van der Waals surface area contributed by atoms with E-state index in [-0.39, 0.29) is 18.5 Å². The van der Waals surface area contributed by atoms with Gasteiger partial charge >= 0.3 is 0 Å². The Morgan fingerprint density at radius 1 is 1.05 bits per heavy atom. The highest BCUT2D eigenvalue weighted by Gasteiger charge is 2.20. The molecule has 0 saturated heterocycles. The van der Waals surface area contributed by atoms with Crippen LogP contribution in [0.1, 0.15) is 30.4 Å². The van der Waals surface area contributed by atoms with Gasteiger partial charge in [0.25, 0.3) is 0 Å². The molecule has 20 heavy (non-hydrogen) atoms. The average molecular weight is 268 g/mol. The Morgan fingerprint density at radius 3 is 2.55 bits per heavy atom. The number of hydrogen-bond acceptors (Lipinski definition) is 3. The van der Waals surface area contributed by atoms with Crippen LogP contribution in [0.2, 0.25) is 0 Å². The zero-order valence-corrected chi connectivity index (χ0v) is 11.3. The van der Waals surface area contributed by atoms with Crippen LogP contribution in [0.5, 0.6) is 11.5 Å². The van der Waals surface area contributed by atoms with Crippen molar-refractivity contribution in [2.24, 2.45) is 0 Å². The zero-order valence-electron chi connectivity index (χ0n) is 11.3. The molecule has 102 valence electrons. The number of rotatable bonds is 4. The summed E-state index contributed by atoms with van der Waals surface area (Å²) in [6, 6.07) is 16.0. The van der Waals surface area contributed by atoms with E-state index >= 15 is 0 Å². The van der Waals surface area contributed by atoms with Gasteiger partial charge in [0.05, 0.1) is 0 Å². The van der Waals surface area contributed by atoms with E-state index in [0.29, 0.717) is 6.42 Å². The van der Waals surface area contributed by atoms with Gasteiger partial charge in [0, 0.05) is 12.3 Å². The van der Waals surface area contributed by atoms with Gasteiger partial charge in [0.15, 0.2) is 11.5 Å². The predicted molar refractivity (Wildman–Crippen MR) is 76.1 cm³/mol. The minimum absolute atomic E-state index is 0.0585. The lowest BCUT2D eigenvalue weighted by Crippen LogP contribution is -2.06. The third-order valence-corrected chi connectivity index (χ3v) is 3.49. The third kappa shape index (κ3) is 2.52. The number of carbonyl (C=O) groups excluding carboxylic acids is 1. The highest BCUT2D eigenvalue weighted by Crippen LogP contribution is 2.37. The highest BCUT2D eigenvalue weighted by atomic mass is 16.7. The molecule has 3 heteroatoms. The molecule has 2 aromatic carbocycles. The summed E-state index contributed by atoms with van der Waals surface area (Å²) in [5.41, 5.74) is 2.22. The zero-order chi connectivity index (χ0) is 13.9. The maximum absolute atomic E-state index is 11.6. The van der Waals surface area contributed by atoms with Crippen molar-refractivity contribution in [1.29, 1.82) is 0 Å². The first kappa shape index (κ1) is 12.7. The van der Waals surface area contributed by atoms with E-state index in [9.17, 15) is 4.79 Å². The normalized spacial score (nSPS) is 14.1. The van der Waals surface area contributed by atoms with E-state index in [0.717, 1.165) is 22.6 Å². The Balaban J connectivity index is 1.99. The highest BCUT2D eigenvalue weighted by molar-refractivity contribution is 5.77. The van der Waals surface area contributed by atoms with Gasteiger partial charge in [-0.15, -0.1) is 0 Å². The maximum Gasteiger partial charge on any atom is 0.231 e. The third-order valence-electron chi connectivity index (χ3n) is 3.49. The number of Topliss-reactive ketones (excluding diaryl/α,β-unsaturated/α-hetero) is 1. The van der Waals surface area contributed by atoms with Crippen molar-refractivity contribution in [3.8, 4) is 11.5 Å². The first-order chi connectivity index (χ1) is 9.74. The van der Waals surface area contributed by atoms with Gasteiger partial charge in [-0.2, -0.15) is 0 Å². The molecule has 1 heterocycles. The van der Waals surface area contributed by atoms with Crippen molar-refractivity contribution in [3.05, 3.63) is 59.7 Å². The fraction of sp³-hybridized carbons (Fsp3) is 0.235. The summed E-state index contributed by atoms with van der Waals surface area (Å²) in [5, 5.41) is 0. The summed E-state index contributed by atoms with van der Waals surface area (Å²) < 4.78 is 10.8. The molecule has 0 saturated carbocycles. The summed E-state index contributed by atoms with van der Waals surface area (Å²) in [7, 11) is 0. The van der Waals surface area contributed by atoms with Crippen LogP contribution < -0.4 is 9.47 Å². The van der Waals surface area contributed by atoms with Crippen molar-refractivity contribution in [1.82, 2.24) is 0 Å². The maximum atomic E-state index is 11.6. The standard InChI is InChI=1S/C17H16O3/c1-12(18)9-15(13-5-3-2-4-6-13)14-7-8-16-17(10-14)20-11-19-16/h2-8,10,15H,9,11H2,1H3. The van der Waals surface area contributed by atoms with Crippen LogP contribution >= 0.6 is 0 Å². The molecule has 0 aliphatic carbocycles. The lowest BCUT2D eigenvalue weighted by molar-refractivity contribution is -0.117. The molecule has 1 unspecified atom stereocenters. The van der Waals surface area contributed by atoms with Crippen LogP contribution in [0.25, 0.3) is 0 Å². The number of carbonyl (C=O) groups is 1.